The molecule has 0 radical (unpaired) electrons. The van der Waals surface area contributed by atoms with E-state index in [4.69, 9.17) is 14.2 Å². The maximum atomic E-state index is 13.0. The molecule has 0 aromatic carbocycles. The van der Waals surface area contributed by atoms with Crippen LogP contribution in [0.2, 0.25) is 0 Å². The van der Waals surface area contributed by atoms with Gasteiger partial charge in [0.2, 0.25) is 0 Å². The first kappa shape index (κ1) is 53.3. The Hall–Kier alpha value is -1.67. The van der Waals surface area contributed by atoms with Crippen LogP contribution in [0, 0.1) is 11.8 Å². The number of hydrogen-bond acceptors (Lipinski definition) is 8. The third-order valence-corrected chi connectivity index (χ3v) is 12.1. The van der Waals surface area contributed by atoms with Crippen LogP contribution in [-0.4, -0.2) is 86.8 Å². The standard InChI is InChI=1S/C49H94N2O6/c1-5-9-13-17-19-23-31-45(30-22-15-11-7-3)44-57-47(52)34-26-21-27-36-51(41-40-50-37-28-29-38-50)39-35-48(53)55-42-43-56-49(54)46(32-24-16-12-8-4)33-25-20-18-14-10-6-2/h45-46H,5-44H2,1-4H3. The van der Waals surface area contributed by atoms with E-state index in [1.54, 1.807) is 0 Å². The minimum Gasteiger partial charge on any atom is -0.465 e. The molecule has 1 aliphatic rings. The zero-order chi connectivity index (χ0) is 41.4. The lowest BCUT2D eigenvalue weighted by molar-refractivity contribution is -0.155. The second-order valence-corrected chi connectivity index (χ2v) is 17.4. The molecule has 8 heteroatoms. The molecule has 0 bridgehead atoms. The summed E-state index contributed by atoms with van der Waals surface area (Å²) >= 11 is 0. The number of carbonyl (C=O) groups is 3. The first-order chi connectivity index (χ1) is 27.9. The fourth-order valence-corrected chi connectivity index (χ4v) is 8.18. The lowest BCUT2D eigenvalue weighted by Crippen LogP contribution is -2.36. The Morgan fingerprint density at radius 1 is 0.491 bits per heavy atom. The fraction of sp³-hybridized carbons (Fsp3) is 0.939. The zero-order valence-corrected chi connectivity index (χ0v) is 38.3. The van der Waals surface area contributed by atoms with Crippen LogP contribution in [0.25, 0.3) is 0 Å². The Balaban J connectivity index is 2.42. The first-order valence-corrected chi connectivity index (χ1v) is 24.9. The van der Waals surface area contributed by atoms with Crippen LogP contribution in [0.3, 0.4) is 0 Å². The van der Waals surface area contributed by atoms with Crippen molar-refractivity contribution in [2.45, 2.75) is 227 Å². The molecule has 0 saturated carbocycles. The highest BCUT2D eigenvalue weighted by atomic mass is 16.6. The largest absolute Gasteiger partial charge is 0.465 e. The van der Waals surface area contributed by atoms with Crippen molar-refractivity contribution in [1.29, 1.82) is 0 Å². The molecule has 336 valence electrons. The molecule has 1 rings (SSSR count). The fourth-order valence-electron chi connectivity index (χ4n) is 8.18. The van der Waals surface area contributed by atoms with Gasteiger partial charge < -0.3 is 24.0 Å². The summed E-state index contributed by atoms with van der Waals surface area (Å²) in [5.74, 6) is 0.0538. The molecule has 0 N–H and O–H groups in total. The average molecular weight is 807 g/mol. The van der Waals surface area contributed by atoms with Crippen molar-refractivity contribution in [2.75, 3.05) is 59.1 Å². The van der Waals surface area contributed by atoms with Crippen LogP contribution in [-0.2, 0) is 28.6 Å². The summed E-state index contributed by atoms with van der Waals surface area (Å²) in [5.41, 5.74) is 0. The van der Waals surface area contributed by atoms with Crippen LogP contribution < -0.4 is 0 Å². The molecule has 8 nitrogen and oxygen atoms in total. The van der Waals surface area contributed by atoms with E-state index in [0.717, 1.165) is 84.1 Å². The van der Waals surface area contributed by atoms with Gasteiger partial charge in [-0.2, -0.15) is 0 Å². The van der Waals surface area contributed by atoms with Gasteiger partial charge in [-0.1, -0.05) is 163 Å². The molecule has 0 aliphatic carbocycles. The van der Waals surface area contributed by atoms with Crippen LogP contribution >= 0.6 is 0 Å². The van der Waals surface area contributed by atoms with E-state index in [1.807, 2.05) is 0 Å². The maximum Gasteiger partial charge on any atom is 0.309 e. The van der Waals surface area contributed by atoms with E-state index in [0.29, 0.717) is 31.9 Å². The molecule has 2 unspecified atom stereocenters. The Morgan fingerprint density at radius 3 is 1.54 bits per heavy atom. The van der Waals surface area contributed by atoms with Gasteiger partial charge in [0.25, 0.3) is 0 Å². The van der Waals surface area contributed by atoms with E-state index in [9.17, 15) is 14.4 Å². The molecule has 1 aliphatic heterocycles. The third kappa shape index (κ3) is 32.8. The highest BCUT2D eigenvalue weighted by Gasteiger charge is 2.20. The summed E-state index contributed by atoms with van der Waals surface area (Å²) in [6, 6.07) is 0. The van der Waals surface area contributed by atoms with E-state index in [1.165, 1.54) is 135 Å². The van der Waals surface area contributed by atoms with Crippen molar-refractivity contribution in [2.24, 2.45) is 11.8 Å². The van der Waals surface area contributed by atoms with Crippen LogP contribution in [0.4, 0.5) is 0 Å². The molecular formula is C49H94N2O6. The summed E-state index contributed by atoms with van der Waals surface area (Å²) in [6.45, 7) is 15.6. The maximum absolute atomic E-state index is 13.0. The van der Waals surface area contributed by atoms with E-state index in [2.05, 4.69) is 37.5 Å². The second kappa shape index (κ2) is 39.8. The molecule has 0 spiro atoms. The Kier molecular flexibility index (Phi) is 37.2. The first-order valence-electron chi connectivity index (χ1n) is 24.9. The molecule has 1 saturated heterocycles. The highest BCUT2D eigenvalue weighted by molar-refractivity contribution is 5.72. The third-order valence-electron chi connectivity index (χ3n) is 12.1. The minimum absolute atomic E-state index is 0.0453. The summed E-state index contributed by atoms with van der Waals surface area (Å²) in [6.07, 6.45) is 35.1. The van der Waals surface area contributed by atoms with Crippen molar-refractivity contribution in [3.63, 3.8) is 0 Å². The summed E-state index contributed by atoms with van der Waals surface area (Å²) in [4.78, 5) is 43.3. The van der Waals surface area contributed by atoms with Gasteiger partial charge in [0.15, 0.2) is 0 Å². The molecule has 0 aromatic heterocycles. The summed E-state index contributed by atoms with van der Waals surface area (Å²) in [7, 11) is 0. The van der Waals surface area contributed by atoms with Crippen molar-refractivity contribution in [3.05, 3.63) is 0 Å². The van der Waals surface area contributed by atoms with Gasteiger partial charge in [0.1, 0.15) is 13.2 Å². The van der Waals surface area contributed by atoms with Gasteiger partial charge in [0, 0.05) is 26.1 Å². The van der Waals surface area contributed by atoms with Gasteiger partial charge in [-0.3, -0.25) is 14.4 Å². The molecule has 1 heterocycles. The lowest BCUT2D eigenvalue weighted by atomic mass is 9.94. The summed E-state index contributed by atoms with van der Waals surface area (Å²) < 4.78 is 17.0. The molecule has 0 aromatic rings. The quantitative estimate of drug-likeness (QED) is 0.0342. The van der Waals surface area contributed by atoms with Crippen LogP contribution in [0.15, 0.2) is 0 Å². The van der Waals surface area contributed by atoms with Crippen molar-refractivity contribution in [1.82, 2.24) is 9.80 Å². The number of nitrogens with zero attached hydrogens (tertiary/aromatic N) is 2. The number of likely N-dealkylation sites (tertiary alicyclic amines) is 1. The summed E-state index contributed by atoms with van der Waals surface area (Å²) in [5, 5.41) is 0. The molecule has 2 atom stereocenters. The van der Waals surface area contributed by atoms with Gasteiger partial charge in [-0.05, 0) is 76.9 Å². The number of hydrogen-bond donors (Lipinski definition) is 0. The van der Waals surface area contributed by atoms with Crippen LogP contribution in [0.1, 0.15) is 227 Å². The van der Waals surface area contributed by atoms with Gasteiger partial charge in [-0.15, -0.1) is 0 Å². The SMILES string of the molecule is CCCCCCCCC(CCCCCC)COC(=O)CCCCCN(CCC(=O)OCCOC(=O)C(CCCCCC)CCCCCCCC)CCN1CCCC1. The monoisotopic (exact) mass is 807 g/mol. The van der Waals surface area contributed by atoms with Gasteiger partial charge in [0.05, 0.1) is 18.9 Å². The van der Waals surface area contributed by atoms with Crippen molar-refractivity contribution >= 4 is 17.9 Å². The number of carbonyl (C=O) groups excluding carboxylic acids is 3. The Labute approximate surface area is 353 Å². The van der Waals surface area contributed by atoms with E-state index >= 15 is 0 Å². The average Bonchev–Trinajstić information content (AvgIpc) is 3.74. The normalized spacial score (nSPS) is 14.3. The van der Waals surface area contributed by atoms with Gasteiger partial charge >= 0.3 is 17.9 Å². The number of ether oxygens (including phenoxy) is 3. The molecular weight excluding hydrogens is 713 g/mol. The van der Waals surface area contributed by atoms with Crippen LogP contribution in [0.5, 0.6) is 0 Å². The second-order valence-electron chi connectivity index (χ2n) is 17.4. The number of unbranched alkanes of at least 4 members (excludes halogenated alkanes) is 18. The highest BCUT2D eigenvalue weighted by Crippen LogP contribution is 2.22. The Bertz CT molecular complexity index is 926. The minimum atomic E-state index is -0.233. The Morgan fingerprint density at radius 2 is 0.965 bits per heavy atom. The van der Waals surface area contributed by atoms with Crippen molar-refractivity contribution in [3.8, 4) is 0 Å². The number of rotatable bonds is 42. The van der Waals surface area contributed by atoms with E-state index < -0.39 is 0 Å². The predicted octanol–water partition coefficient (Wildman–Crippen LogP) is 12.6. The molecule has 0 amide bonds. The van der Waals surface area contributed by atoms with E-state index in [-0.39, 0.29) is 37.0 Å². The van der Waals surface area contributed by atoms with Gasteiger partial charge in [-0.25, -0.2) is 0 Å². The smallest absolute Gasteiger partial charge is 0.309 e. The molecule has 1 fully saturated rings. The van der Waals surface area contributed by atoms with Crippen molar-refractivity contribution < 1.29 is 28.6 Å². The molecule has 57 heavy (non-hydrogen) atoms. The lowest BCUT2D eigenvalue weighted by Gasteiger charge is -2.25. The zero-order valence-electron chi connectivity index (χ0n) is 38.3. The topological polar surface area (TPSA) is 85.4 Å². The number of esters is 3. The predicted molar refractivity (Wildman–Crippen MR) is 239 cm³/mol.